The highest BCUT2D eigenvalue weighted by Crippen LogP contribution is 2.30. The smallest absolute Gasteiger partial charge is 0.295 e. The maximum Gasteiger partial charge on any atom is 0.295 e. The number of likely N-dealkylation sites (tertiary alicyclic amines) is 1. The van der Waals surface area contributed by atoms with Gasteiger partial charge in [-0.1, -0.05) is 30.3 Å². The number of aromatic nitrogens is 2. The van der Waals surface area contributed by atoms with Crippen molar-refractivity contribution >= 4 is 28.4 Å². The molecular weight excluding hydrogens is 411 g/mol. The van der Waals surface area contributed by atoms with Crippen molar-refractivity contribution in [2.45, 2.75) is 25.2 Å². The molecule has 1 atom stereocenters. The van der Waals surface area contributed by atoms with E-state index in [0.717, 1.165) is 30.5 Å². The Morgan fingerprint density at radius 2 is 2.00 bits per heavy atom. The summed E-state index contributed by atoms with van der Waals surface area (Å²) in [5.41, 5.74) is 6.77. The van der Waals surface area contributed by atoms with Gasteiger partial charge >= 0.3 is 0 Å². The molecule has 0 aliphatic carbocycles. The summed E-state index contributed by atoms with van der Waals surface area (Å²) >= 11 is 0. The van der Waals surface area contributed by atoms with Crippen molar-refractivity contribution in [3.63, 3.8) is 0 Å². The first-order valence-corrected chi connectivity index (χ1v) is 10.5. The number of Topliss-reactive ketones (excluding diaryl/α,β-unsaturated/α-hetero) is 1. The lowest BCUT2D eigenvalue weighted by Gasteiger charge is -2.20. The Hall–Kier alpha value is -3.72. The van der Waals surface area contributed by atoms with Gasteiger partial charge in [0.1, 0.15) is 0 Å². The van der Waals surface area contributed by atoms with E-state index in [1.807, 2.05) is 18.2 Å². The number of rotatable bonds is 5. The minimum absolute atomic E-state index is 0.0220. The van der Waals surface area contributed by atoms with Crippen LogP contribution in [0.2, 0.25) is 0 Å². The predicted molar refractivity (Wildman–Crippen MR) is 120 cm³/mol. The number of carbonyl (C=O) groups is 2. The molecule has 1 aromatic carbocycles. The van der Waals surface area contributed by atoms with Gasteiger partial charge in [-0.25, -0.2) is 15.2 Å². The monoisotopic (exact) mass is 436 g/mol. The number of ketones is 1. The summed E-state index contributed by atoms with van der Waals surface area (Å²) in [7, 11) is 0. The fraction of sp³-hybridized carbons (Fsp3) is 0.261. The lowest BCUT2D eigenvalue weighted by atomic mass is 9.92. The average molecular weight is 436 g/mol. The highest BCUT2D eigenvalue weighted by Gasteiger charge is 2.29. The highest BCUT2D eigenvalue weighted by atomic mass is 19.1. The van der Waals surface area contributed by atoms with Crippen LogP contribution in [0.5, 0.6) is 0 Å². The number of fused-ring (bicyclic) bond motifs is 1. The third-order valence-electron chi connectivity index (χ3n) is 5.86. The summed E-state index contributed by atoms with van der Waals surface area (Å²) in [5, 5.41) is 1.08. The predicted octanol–water partition coefficient (Wildman–Crippen LogP) is 2.79. The van der Waals surface area contributed by atoms with Crippen LogP contribution in [-0.2, 0) is 4.79 Å². The first kappa shape index (κ1) is 21.5. The molecule has 0 saturated carbocycles. The van der Waals surface area contributed by atoms with Crippen LogP contribution in [0.25, 0.3) is 10.9 Å². The quantitative estimate of drug-likeness (QED) is 0.245. The summed E-state index contributed by atoms with van der Waals surface area (Å²) in [4.78, 5) is 34.5. The molecule has 5 N–H and O–H groups in total. The van der Waals surface area contributed by atoms with E-state index in [1.165, 1.54) is 24.2 Å². The Kier molecular flexibility index (Phi) is 6.18. The zero-order chi connectivity index (χ0) is 22.7. The van der Waals surface area contributed by atoms with Gasteiger partial charge in [-0.05, 0) is 30.7 Å². The molecule has 166 valence electrons. The number of carbonyl (C=O) groups excluding carboxylic acids is 2. The number of nitrogens with one attached hydrogen (secondary N) is 1. The molecule has 3 heterocycles. The number of H-pyrrole nitrogens is 1. The van der Waals surface area contributed by atoms with Crippen molar-refractivity contribution in [3.05, 3.63) is 72.1 Å². The molecule has 1 fully saturated rings. The van der Waals surface area contributed by atoms with E-state index in [9.17, 15) is 14.0 Å². The number of nitrogens with zero attached hydrogens (tertiary/aromatic N) is 3. The number of halogens is 1. The minimum atomic E-state index is -0.761. The lowest BCUT2D eigenvalue weighted by molar-refractivity contribution is -0.126. The topological polar surface area (TPSA) is 121 Å². The van der Waals surface area contributed by atoms with Crippen molar-refractivity contribution in [2.75, 3.05) is 18.1 Å². The maximum absolute atomic E-state index is 14.6. The number of hydrogen-bond donors (Lipinski definition) is 3. The van der Waals surface area contributed by atoms with Crippen LogP contribution < -0.4 is 16.6 Å². The standard InChI is InChI=1S/C23H25FN6O2/c24-18-14-28-22(30(26)12-9-25)20-19(18)17(13-27-20)21(31)23(32)29-10-4-7-16(8-11-29)15-5-2-1-3-6-15/h1-3,5-6,9,12-14,16,27H,4,7-8,10-11,25-26H2/b12-9-. The third-order valence-corrected chi connectivity index (χ3v) is 5.86. The molecule has 1 amide bonds. The second-order valence-corrected chi connectivity index (χ2v) is 7.79. The van der Waals surface area contributed by atoms with Gasteiger partial charge in [-0.15, -0.1) is 0 Å². The number of hydrogen-bond acceptors (Lipinski definition) is 6. The summed E-state index contributed by atoms with van der Waals surface area (Å²) in [6, 6.07) is 10.2. The molecule has 8 nitrogen and oxygen atoms in total. The summed E-state index contributed by atoms with van der Waals surface area (Å²) < 4.78 is 14.6. The van der Waals surface area contributed by atoms with Crippen LogP contribution in [0.1, 0.15) is 41.1 Å². The molecule has 32 heavy (non-hydrogen) atoms. The van der Waals surface area contributed by atoms with Crippen LogP contribution in [0.4, 0.5) is 10.2 Å². The van der Waals surface area contributed by atoms with Gasteiger partial charge in [0.25, 0.3) is 11.7 Å². The van der Waals surface area contributed by atoms with E-state index >= 15 is 0 Å². The van der Waals surface area contributed by atoms with E-state index in [2.05, 4.69) is 22.1 Å². The van der Waals surface area contributed by atoms with Gasteiger partial charge in [0.15, 0.2) is 11.6 Å². The van der Waals surface area contributed by atoms with E-state index < -0.39 is 17.5 Å². The molecule has 0 spiro atoms. The van der Waals surface area contributed by atoms with Gasteiger partial charge in [-0.3, -0.25) is 14.6 Å². The highest BCUT2D eigenvalue weighted by molar-refractivity contribution is 6.45. The SMILES string of the molecule is N/C=C\N(N)c1ncc(F)c2c(C(=O)C(=O)N3CCCC(c4ccccc4)CC3)c[nH]c12. The van der Waals surface area contributed by atoms with E-state index in [1.54, 1.807) is 4.90 Å². The number of nitrogens with two attached hydrogens (primary N) is 2. The van der Waals surface area contributed by atoms with Crippen LogP contribution in [-0.4, -0.2) is 39.6 Å². The molecule has 1 saturated heterocycles. The molecule has 3 aromatic rings. The Morgan fingerprint density at radius 3 is 2.75 bits per heavy atom. The number of amides is 1. The van der Waals surface area contributed by atoms with Gasteiger partial charge < -0.3 is 15.6 Å². The van der Waals surface area contributed by atoms with Crippen LogP contribution in [0.3, 0.4) is 0 Å². The second kappa shape index (κ2) is 9.19. The Morgan fingerprint density at radius 1 is 1.22 bits per heavy atom. The molecule has 1 unspecified atom stereocenters. The molecule has 0 radical (unpaired) electrons. The molecular formula is C23H25FN6O2. The summed E-state index contributed by atoms with van der Waals surface area (Å²) in [6.07, 6.45) is 7.34. The maximum atomic E-state index is 14.6. The number of hydrazine groups is 1. The van der Waals surface area contributed by atoms with E-state index in [4.69, 9.17) is 11.6 Å². The van der Waals surface area contributed by atoms with Gasteiger partial charge in [0.2, 0.25) is 0 Å². The molecule has 2 aromatic heterocycles. The van der Waals surface area contributed by atoms with Crippen molar-refractivity contribution in [1.29, 1.82) is 0 Å². The van der Waals surface area contributed by atoms with Gasteiger partial charge in [0, 0.05) is 31.7 Å². The van der Waals surface area contributed by atoms with Crippen LogP contribution in [0, 0.1) is 5.82 Å². The second-order valence-electron chi connectivity index (χ2n) is 7.79. The fourth-order valence-electron chi connectivity index (χ4n) is 4.25. The lowest BCUT2D eigenvalue weighted by Crippen LogP contribution is -2.37. The summed E-state index contributed by atoms with van der Waals surface area (Å²) in [6.45, 7) is 0.961. The molecule has 4 rings (SSSR count). The van der Waals surface area contributed by atoms with Crippen molar-refractivity contribution < 1.29 is 14.0 Å². The Labute approximate surface area is 184 Å². The van der Waals surface area contributed by atoms with Crippen LogP contribution >= 0.6 is 0 Å². The largest absolute Gasteiger partial charge is 0.403 e. The van der Waals surface area contributed by atoms with Crippen molar-refractivity contribution in [2.24, 2.45) is 11.6 Å². The fourth-order valence-corrected chi connectivity index (χ4v) is 4.25. The molecule has 9 heteroatoms. The van der Waals surface area contributed by atoms with E-state index in [-0.39, 0.29) is 22.3 Å². The van der Waals surface area contributed by atoms with Crippen LogP contribution in [0.15, 0.2) is 55.1 Å². The van der Waals surface area contributed by atoms with Crippen molar-refractivity contribution in [3.8, 4) is 0 Å². The Bertz CT molecular complexity index is 1160. The normalized spacial score (nSPS) is 16.9. The molecule has 1 aliphatic heterocycles. The molecule has 0 bridgehead atoms. The number of benzene rings is 1. The van der Waals surface area contributed by atoms with E-state index in [0.29, 0.717) is 19.0 Å². The Balaban J connectivity index is 1.57. The molecule has 1 aliphatic rings. The number of aromatic amines is 1. The van der Waals surface area contributed by atoms with Gasteiger partial charge in [0.05, 0.1) is 22.7 Å². The zero-order valence-electron chi connectivity index (χ0n) is 17.5. The third kappa shape index (κ3) is 4.06. The van der Waals surface area contributed by atoms with Gasteiger partial charge in [-0.2, -0.15) is 0 Å². The number of pyridine rings is 1. The summed E-state index contributed by atoms with van der Waals surface area (Å²) in [5.74, 6) is 4.27. The first-order chi connectivity index (χ1) is 15.5. The first-order valence-electron chi connectivity index (χ1n) is 10.5. The average Bonchev–Trinajstić information content (AvgIpc) is 3.11. The number of anilines is 1. The van der Waals surface area contributed by atoms with Crippen molar-refractivity contribution in [1.82, 2.24) is 14.9 Å². The zero-order valence-corrected chi connectivity index (χ0v) is 17.5. The minimum Gasteiger partial charge on any atom is -0.403 e.